The molecule has 0 atom stereocenters. The summed E-state index contributed by atoms with van der Waals surface area (Å²) in [7, 11) is 0. The Hall–Kier alpha value is -1.82. The molecular formula is C16H22N4OS. The van der Waals surface area contributed by atoms with Crippen molar-refractivity contribution in [2.24, 2.45) is 5.92 Å². The predicted molar refractivity (Wildman–Crippen MR) is 90.2 cm³/mol. The van der Waals surface area contributed by atoms with Crippen molar-refractivity contribution in [1.29, 1.82) is 0 Å². The Morgan fingerprint density at radius 2 is 1.95 bits per heavy atom. The second-order valence-corrected chi connectivity index (χ2v) is 6.82. The summed E-state index contributed by atoms with van der Waals surface area (Å²) < 4.78 is 0. The van der Waals surface area contributed by atoms with Crippen LogP contribution in [0.5, 0.6) is 0 Å². The molecule has 0 saturated carbocycles. The van der Waals surface area contributed by atoms with Gasteiger partial charge in [0.15, 0.2) is 0 Å². The van der Waals surface area contributed by atoms with Crippen LogP contribution in [0.3, 0.4) is 0 Å². The van der Waals surface area contributed by atoms with Crippen molar-refractivity contribution in [2.45, 2.75) is 39.3 Å². The highest BCUT2D eigenvalue weighted by Gasteiger charge is 2.09. The minimum Gasteiger partial charge on any atom is -0.325 e. The standard InChI is InChI=1S/C16H22N4OS/c1-10(2)5-14-18-16(20-19-14)22-9-15(21)17-13-7-11(3)6-12(4)8-13/h6-8,10H,5,9H2,1-4H3,(H,17,21)(H,18,19,20). The van der Waals surface area contributed by atoms with Crippen molar-refractivity contribution in [3.05, 3.63) is 35.2 Å². The van der Waals surface area contributed by atoms with Crippen LogP contribution >= 0.6 is 11.8 Å². The molecule has 0 radical (unpaired) electrons. The van der Waals surface area contributed by atoms with Crippen molar-refractivity contribution < 1.29 is 4.79 Å². The number of thioether (sulfide) groups is 1. The lowest BCUT2D eigenvalue weighted by molar-refractivity contribution is -0.113. The number of nitrogens with one attached hydrogen (secondary N) is 2. The van der Waals surface area contributed by atoms with Crippen LogP contribution in [0.2, 0.25) is 0 Å². The first kappa shape index (κ1) is 16.5. The molecule has 1 heterocycles. The fourth-order valence-corrected chi connectivity index (χ4v) is 2.81. The van der Waals surface area contributed by atoms with E-state index < -0.39 is 0 Å². The largest absolute Gasteiger partial charge is 0.325 e. The van der Waals surface area contributed by atoms with Crippen LogP contribution in [0.25, 0.3) is 0 Å². The predicted octanol–water partition coefficient (Wildman–Crippen LogP) is 3.35. The number of H-pyrrole nitrogens is 1. The molecule has 0 aliphatic rings. The quantitative estimate of drug-likeness (QED) is 0.801. The fourth-order valence-electron chi connectivity index (χ4n) is 2.19. The van der Waals surface area contributed by atoms with Crippen molar-refractivity contribution in [1.82, 2.24) is 15.2 Å². The number of amides is 1. The summed E-state index contributed by atoms with van der Waals surface area (Å²) in [4.78, 5) is 16.4. The molecular weight excluding hydrogens is 296 g/mol. The van der Waals surface area contributed by atoms with Crippen molar-refractivity contribution in [2.75, 3.05) is 11.1 Å². The van der Waals surface area contributed by atoms with E-state index in [0.29, 0.717) is 16.8 Å². The first-order valence-electron chi connectivity index (χ1n) is 7.34. The number of nitrogens with zero attached hydrogens (tertiary/aromatic N) is 2. The van der Waals surface area contributed by atoms with Gasteiger partial charge in [-0.05, 0) is 43.0 Å². The van der Waals surface area contributed by atoms with Crippen LogP contribution in [-0.4, -0.2) is 26.8 Å². The van der Waals surface area contributed by atoms with Gasteiger partial charge in [-0.1, -0.05) is 31.7 Å². The van der Waals surface area contributed by atoms with E-state index in [-0.39, 0.29) is 5.91 Å². The Bertz CT molecular complexity index is 631. The fraction of sp³-hybridized carbons (Fsp3) is 0.438. The molecule has 2 rings (SSSR count). The van der Waals surface area contributed by atoms with Gasteiger partial charge in [0, 0.05) is 12.1 Å². The molecule has 2 N–H and O–H groups in total. The zero-order chi connectivity index (χ0) is 16.1. The topological polar surface area (TPSA) is 70.7 Å². The summed E-state index contributed by atoms with van der Waals surface area (Å²) in [6.07, 6.45) is 0.863. The number of hydrogen-bond donors (Lipinski definition) is 2. The SMILES string of the molecule is Cc1cc(C)cc(NC(=O)CSc2n[nH]c(CC(C)C)n2)c1. The summed E-state index contributed by atoms with van der Waals surface area (Å²) in [6.45, 7) is 8.29. The lowest BCUT2D eigenvalue weighted by atomic mass is 10.1. The van der Waals surface area contributed by atoms with E-state index in [4.69, 9.17) is 0 Å². The summed E-state index contributed by atoms with van der Waals surface area (Å²) in [5, 5.41) is 10.6. The van der Waals surface area contributed by atoms with E-state index in [1.165, 1.54) is 11.8 Å². The van der Waals surface area contributed by atoms with Gasteiger partial charge in [0.1, 0.15) is 5.82 Å². The highest BCUT2D eigenvalue weighted by molar-refractivity contribution is 7.99. The Kier molecular flexibility index (Phi) is 5.60. The molecule has 2 aromatic rings. The van der Waals surface area contributed by atoms with E-state index in [0.717, 1.165) is 29.1 Å². The summed E-state index contributed by atoms with van der Waals surface area (Å²) in [6, 6.07) is 6.00. The third-order valence-electron chi connectivity index (χ3n) is 2.95. The third-order valence-corrected chi connectivity index (χ3v) is 3.80. The number of benzene rings is 1. The Morgan fingerprint density at radius 3 is 2.59 bits per heavy atom. The number of rotatable bonds is 6. The Labute approximate surface area is 135 Å². The molecule has 118 valence electrons. The van der Waals surface area contributed by atoms with Gasteiger partial charge in [-0.3, -0.25) is 9.89 Å². The van der Waals surface area contributed by atoms with E-state index in [1.807, 2.05) is 26.0 Å². The van der Waals surface area contributed by atoms with Crippen LogP contribution in [-0.2, 0) is 11.2 Å². The highest BCUT2D eigenvalue weighted by atomic mass is 32.2. The molecule has 0 bridgehead atoms. The zero-order valence-electron chi connectivity index (χ0n) is 13.4. The highest BCUT2D eigenvalue weighted by Crippen LogP contribution is 2.16. The number of carbonyl (C=O) groups excluding carboxylic acids is 1. The van der Waals surface area contributed by atoms with Crippen LogP contribution in [0, 0.1) is 19.8 Å². The number of aromatic nitrogens is 3. The molecule has 22 heavy (non-hydrogen) atoms. The monoisotopic (exact) mass is 318 g/mol. The average molecular weight is 318 g/mol. The number of aromatic amines is 1. The van der Waals surface area contributed by atoms with Crippen molar-refractivity contribution in [3.8, 4) is 0 Å². The molecule has 6 heteroatoms. The van der Waals surface area contributed by atoms with Gasteiger partial charge in [-0.15, -0.1) is 5.10 Å². The molecule has 0 aliphatic carbocycles. The molecule has 0 spiro atoms. The maximum absolute atomic E-state index is 12.0. The van der Waals surface area contributed by atoms with Crippen LogP contribution in [0.1, 0.15) is 30.8 Å². The minimum absolute atomic E-state index is 0.0507. The first-order chi connectivity index (χ1) is 10.4. The maximum atomic E-state index is 12.0. The second-order valence-electron chi connectivity index (χ2n) is 5.88. The number of hydrogen-bond acceptors (Lipinski definition) is 4. The molecule has 0 aliphatic heterocycles. The Balaban J connectivity index is 1.86. The lowest BCUT2D eigenvalue weighted by Gasteiger charge is -2.06. The summed E-state index contributed by atoms with van der Waals surface area (Å²) >= 11 is 1.34. The molecule has 0 unspecified atom stereocenters. The summed E-state index contributed by atoms with van der Waals surface area (Å²) in [5.74, 6) is 1.64. The van der Waals surface area contributed by atoms with Crippen LogP contribution < -0.4 is 5.32 Å². The van der Waals surface area contributed by atoms with E-state index in [1.54, 1.807) is 0 Å². The minimum atomic E-state index is -0.0507. The zero-order valence-corrected chi connectivity index (χ0v) is 14.3. The maximum Gasteiger partial charge on any atom is 0.234 e. The van der Waals surface area contributed by atoms with Gasteiger partial charge in [-0.2, -0.15) is 0 Å². The lowest BCUT2D eigenvalue weighted by Crippen LogP contribution is -2.14. The number of carbonyl (C=O) groups is 1. The Morgan fingerprint density at radius 1 is 1.27 bits per heavy atom. The second kappa shape index (κ2) is 7.45. The van der Waals surface area contributed by atoms with Crippen molar-refractivity contribution >= 4 is 23.4 Å². The van der Waals surface area contributed by atoms with E-state index in [2.05, 4.69) is 40.4 Å². The van der Waals surface area contributed by atoms with Crippen LogP contribution in [0.15, 0.2) is 23.4 Å². The van der Waals surface area contributed by atoms with Gasteiger partial charge < -0.3 is 5.32 Å². The third kappa shape index (κ3) is 5.18. The van der Waals surface area contributed by atoms with Gasteiger partial charge in [-0.25, -0.2) is 4.98 Å². The molecule has 1 aromatic heterocycles. The van der Waals surface area contributed by atoms with Crippen LogP contribution in [0.4, 0.5) is 5.69 Å². The number of aryl methyl sites for hydroxylation is 2. The molecule has 5 nitrogen and oxygen atoms in total. The molecule has 1 aromatic carbocycles. The van der Waals surface area contributed by atoms with Gasteiger partial charge in [0.05, 0.1) is 5.75 Å². The van der Waals surface area contributed by atoms with E-state index >= 15 is 0 Å². The van der Waals surface area contributed by atoms with Gasteiger partial charge >= 0.3 is 0 Å². The number of anilines is 1. The molecule has 1 amide bonds. The summed E-state index contributed by atoms with van der Waals surface area (Å²) in [5.41, 5.74) is 3.10. The van der Waals surface area contributed by atoms with Gasteiger partial charge in [0.2, 0.25) is 11.1 Å². The van der Waals surface area contributed by atoms with E-state index in [9.17, 15) is 4.79 Å². The smallest absolute Gasteiger partial charge is 0.234 e. The normalized spacial score (nSPS) is 11.0. The van der Waals surface area contributed by atoms with Crippen molar-refractivity contribution in [3.63, 3.8) is 0 Å². The first-order valence-corrected chi connectivity index (χ1v) is 8.33. The molecule has 0 saturated heterocycles. The average Bonchev–Trinajstić information content (AvgIpc) is 2.82. The van der Waals surface area contributed by atoms with Gasteiger partial charge in [0.25, 0.3) is 0 Å². The molecule has 0 fully saturated rings.